The third-order valence-electron chi connectivity index (χ3n) is 4.21. The second-order valence-corrected chi connectivity index (χ2v) is 8.36. The number of sulfone groups is 1. The third-order valence-corrected chi connectivity index (χ3v) is 5.58. The van der Waals surface area contributed by atoms with Gasteiger partial charge in [0.1, 0.15) is 5.75 Å². The molecule has 2 aromatic rings. The van der Waals surface area contributed by atoms with E-state index in [4.69, 9.17) is 4.74 Å². The molecule has 0 aromatic heterocycles. The van der Waals surface area contributed by atoms with E-state index < -0.39 is 15.9 Å². The number of anilines is 1. The SMILES string of the molecule is Cc1ccc(OCC(=O)N(c2ccc(C)cc2)[C@H]2C=CS(=O)(=O)C2)cc1. The number of hydrogen-bond donors (Lipinski definition) is 0. The largest absolute Gasteiger partial charge is 0.484 e. The summed E-state index contributed by atoms with van der Waals surface area (Å²) in [5.41, 5.74) is 2.82. The van der Waals surface area contributed by atoms with Crippen LogP contribution < -0.4 is 9.64 Å². The molecule has 0 saturated carbocycles. The topological polar surface area (TPSA) is 63.7 Å². The molecule has 1 heterocycles. The number of ether oxygens (including phenoxy) is 1. The van der Waals surface area contributed by atoms with Crippen LogP contribution in [0.5, 0.6) is 5.75 Å². The fourth-order valence-corrected chi connectivity index (χ4v) is 4.06. The van der Waals surface area contributed by atoms with Crippen LogP contribution in [-0.4, -0.2) is 32.7 Å². The molecule has 1 amide bonds. The molecule has 26 heavy (non-hydrogen) atoms. The van der Waals surface area contributed by atoms with Gasteiger partial charge in [-0.3, -0.25) is 4.79 Å². The summed E-state index contributed by atoms with van der Waals surface area (Å²) >= 11 is 0. The van der Waals surface area contributed by atoms with Gasteiger partial charge in [0.05, 0.1) is 11.8 Å². The zero-order chi connectivity index (χ0) is 18.7. The first kappa shape index (κ1) is 18.2. The standard InChI is InChI=1S/C20H21NO4S/c1-15-3-7-17(8-4-15)21(18-11-12-26(23,24)14-18)20(22)13-25-19-9-5-16(2)6-10-19/h3-12,18H,13-14H2,1-2H3/t18-/m0/s1. The summed E-state index contributed by atoms with van der Waals surface area (Å²) in [5.74, 6) is 0.195. The highest BCUT2D eigenvalue weighted by Gasteiger charge is 2.31. The minimum atomic E-state index is -3.28. The number of carbonyl (C=O) groups is 1. The summed E-state index contributed by atoms with van der Waals surface area (Å²) in [7, 11) is -3.28. The van der Waals surface area contributed by atoms with Crippen molar-refractivity contribution in [3.63, 3.8) is 0 Å². The molecule has 0 saturated heterocycles. The molecule has 0 fully saturated rings. The molecular formula is C20H21NO4S. The van der Waals surface area contributed by atoms with Gasteiger partial charge in [-0.2, -0.15) is 0 Å². The van der Waals surface area contributed by atoms with Crippen molar-refractivity contribution >= 4 is 21.4 Å². The molecule has 6 heteroatoms. The Kier molecular flexibility index (Phi) is 5.13. The average Bonchev–Trinajstić information content (AvgIpc) is 2.96. The lowest BCUT2D eigenvalue weighted by Crippen LogP contribution is -2.43. The normalized spacial score (nSPS) is 17.8. The molecule has 0 N–H and O–H groups in total. The molecule has 3 rings (SSSR count). The molecule has 0 aliphatic carbocycles. The Hall–Kier alpha value is -2.60. The lowest BCUT2D eigenvalue weighted by atomic mass is 10.1. The zero-order valence-corrected chi connectivity index (χ0v) is 15.6. The third kappa shape index (κ3) is 4.32. The van der Waals surface area contributed by atoms with E-state index in [1.165, 1.54) is 10.3 Å². The van der Waals surface area contributed by atoms with Crippen LogP contribution in [0.2, 0.25) is 0 Å². The van der Waals surface area contributed by atoms with Gasteiger partial charge in [-0.25, -0.2) is 8.42 Å². The van der Waals surface area contributed by atoms with Crippen LogP contribution in [0, 0.1) is 13.8 Å². The number of aryl methyl sites for hydroxylation is 2. The maximum absolute atomic E-state index is 12.8. The lowest BCUT2D eigenvalue weighted by molar-refractivity contribution is -0.120. The molecule has 0 unspecified atom stereocenters. The Morgan fingerprint density at radius 2 is 1.62 bits per heavy atom. The van der Waals surface area contributed by atoms with Crippen molar-refractivity contribution in [3.8, 4) is 5.75 Å². The molecule has 2 aromatic carbocycles. The summed E-state index contributed by atoms with van der Waals surface area (Å²) in [6, 6.07) is 14.3. The highest BCUT2D eigenvalue weighted by Crippen LogP contribution is 2.24. The summed E-state index contributed by atoms with van der Waals surface area (Å²) in [6.07, 6.45) is 1.55. The minimum Gasteiger partial charge on any atom is -0.484 e. The van der Waals surface area contributed by atoms with Crippen molar-refractivity contribution in [1.29, 1.82) is 0 Å². The van der Waals surface area contributed by atoms with Gasteiger partial charge in [-0.05, 0) is 44.2 Å². The predicted octanol–water partition coefficient (Wildman–Crippen LogP) is 3.03. The number of amides is 1. The Balaban J connectivity index is 1.80. The van der Waals surface area contributed by atoms with Crippen molar-refractivity contribution in [2.24, 2.45) is 0 Å². The maximum Gasteiger partial charge on any atom is 0.265 e. The van der Waals surface area contributed by atoms with E-state index in [2.05, 4.69) is 0 Å². The molecular weight excluding hydrogens is 350 g/mol. The Bertz CT molecular complexity index is 915. The van der Waals surface area contributed by atoms with E-state index >= 15 is 0 Å². The Morgan fingerprint density at radius 3 is 2.15 bits per heavy atom. The molecule has 0 spiro atoms. The van der Waals surface area contributed by atoms with Gasteiger partial charge in [0, 0.05) is 11.1 Å². The molecule has 1 atom stereocenters. The first-order valence-corrected chi connectivity index (χ1v) is 10.0. The minimum absolute atomic E-state index is 0.114. The van der Waals surface area contributed by atoms with E-state index in [1.807, 2.05) is 50.2 Å². The fourth-order valence-electron chi connectivity index (χ4n) is 2.80. The van der Waals surface area contributed by atoms with Crippen molar-refractivity contribution in [2.75, 3.05) is 17.3 Å². The first-order valence-electron chi connectivity index (χ1n) is 8.33. The number of hydrogen-bond acceptors (Lipinski definition) is 4. The predicted molar refractivity (Wildman–Crippen MR) is 102 cm³/mol. The summed E-state index contributed by atoms with van der Waals surface area (Å²) in [6.45, 7) is 3.76. The summed E-state index contributed by atoms with van der Waals surface area (Å²) in [4.78, 5) is 14.3. The van der Waals surface area contributed by atoms with Gasteiger partial charge in [0.2, 0.25) is 0 Å². The van der Waals surface area contributed by atoms with Crippen LogP contribution in [0.3, 0.4) is 0 Å². The fraction of sp³-hybridized carbons (Fsp3) is 0.250. The number of benzene rings is 2. The first-order chi connectivity index (χ1) is 12.3. The number of nitrogens with zero attached hydrogens (tertiary/aromatic N) is 1. The van der Waals surface area contributed by atoms with Crippen molar-refractivity contribution in [1.82, 2.24) is 0 Å². The van der Waals surface area contributed by atoms with Crippen LogP contribution >= 0.6 is 0 Å². The van der Waals surface area contributed by atoms with Crippen molar-refractivity contribution in [3.05, 3.63) is 71.1 Å². The van der Waals surface area contributed by atoms with Crippen molar-refractivity contribution in [2.45, 2.75) is 19.9 Å². The van der Waals surface area contributed by atoms with Gasteiger partial charge < -0.3 is 9.64 Å². The Morgan fingerprint density at radius 1 is 1.04 bits per heavy atom. The van der Waals surface area contributed by atoms with E-state index in [0.717, 1.165) is 11.1 Å². The van der Waals surface area contributed by atoms with Crippen LogP contribution in [0.15, 0.2) is 60.0 Å². The van der Waals surface area contributed by atoms with Crippen LogP contribution in [-0.2, 0) is 14.6 Å². The second kappa shape index (κ2) is 7.33. The van der Waals surface area contributed by atoms with Crippen molar-refractivity contribution < 1.29 is 17.9 Å². The molecule has 5 nitrogen and oxygen atoms in total. The second-order valence-electron chi connectivity index (χ2n) is 6.43. The maximum atomic E-state index is 12.8. The van der Waals surface area contributed by atoms with Crippen LogP contribution in [0.1, 0.15) is 11.1 Å². The molecule has 136 valence electrons. The van der Waals surface area contributed by atoms with E-state index in [9.17, 15) is 13.2 Å². The quantitative estimate of drug-likeness (QED) is 0.810. The monoisotopic (exact) mass is 371 g/mol. The lowest BCUT2D eigenvalue weighted by Gasteiger charge is -2.27. The van der Waals surface area contributed by atoms with Gasteiger partial charge in [-0.1, -0.05) is 35.4 Å². The summed E-state index contributed by atoms with van der Waals surface area (Å²) < 4.78 is 29.2. The summed E-state index contributed by atoms with van der Waals surface area (Å²) in [5, 5.41) is 1.17. The van der Waals surface area contributed by atoms with E-state index in [-0.39, 0.29) is 18.3 Å². The Labute approximate surface area is 153 Å². The van der Waals surface area contributed by atoms with Crippen LogP contribution in [0.25, 0.3) is 0 Å². The van der Waals surface area contributed by atoms with Gasteiger partial charge in [-0.15, -0.1) is 0 Å². The highest BCUT2D eigenvalue weighted by molar-refractivity contribution is 7.94. The van der Waals surface area contributed by atoms with E-state index in [0.29, 0.717) is 11.4 Å². The molecule has 1 aliphatic heterocycles. The number of carbonyl (C=O) groups excluding carboxylic acids is 1. The highest BCUT2D eigenvalue weighted by atomic mass is 32.2. The van der Waals surface area contributed by atoms with Gasteiger partial charge >= 0.3 is 0 Å². The average molecular weight is 371 g/mol. The molecule has 0 radical (unpaired) electrons. The molecule has 0 bridgehead atoms. The smallest absolute Gasteiger partial charge is 0.265 e. The zero-order valence-electron chi connectivity index (χ0n) is 14.8. The van der Waals surface area contributed by atoms with Crippen LogP contribution in [0.4, 0.5) is 5.69 Å². The van der Waals surface area contributed by atoms with Gasteiger partial charge in [0.25, 0.3) is 5.91 Å². The number of rotatable bonds is 5. The van der Waals surface area contributed by atoms with Gasteiger partial charge in [0.15, 0.2) is 16.4 Å². The van der Waals surface area contributed by atoms with E-state index in [1.54, 1.807) is 18.2 Å². The molecule has 1 aliphatic rings.